The van der Waals surface area contributed by atoms with Crippen molar-refractivity contribution in [2.24, 2.45) is 0 Å². The van der Waals surface area contributed by atoms with E-state index in [1.165, 1.54) is 13.1 Å². The van der Waals surface area contributed by atoms with Gasteiger partial charge < -0.3 is 10.2 Å². The average Bonchev–Trinajstić information content (AvgIpc) is 3.15. The van der Waals surface area contributed by atoms with Crippen LogP contribution in [-0.2, 0) is 19.6 Å². The standard InChI is InChI=1S/C18H25N3O4S/c1-20(26(24,25)14-10-16-7-3-2-4-8-16)15-17(22)19-11-9-18(23)21-12-5-6-13-21/h2-4,7-8,10,14H,5-6,9,11-13,15H2,1H3,(H,19,22). The summed E-state index contributed by atoms with van der Waals surface area (Å²) in [6, 6.07) is 9.04. The molecule has 26 heavy (non-hydrogen) atoms. The van der Waals surface area contributed by atoms with Gasteiger partial charge in [0, 0.05) is 38.5 Å². The highest BCUT2D eigenvalue weighted by Gasteiger charge is 2.19. The number of carbonyl (C=O) groups is 2. The first kappa shape index (κ1) is 20.1. The Hall–Kier alpha value is -2.19. The number of benzene rings is 1. The van der Waals surface area contributed by atoms with Crippen molar-refractivity contribution < 1.29 is 18.0 Å². The zero-order valence-electron chi connectivity index (χ0n) is 14.9. The van der Waals surface area contributed by atoms with Crippen LogP contribution in [0.5, 0.6) is 0 Å². The van der Waals surface area contributed by atoms with Gasteiger partial charge in [0.25, 0.3) is 0 Å². The van der Waals surface area contributed by atoms with Crippen molar-refractivity contribution in [3.05, 3.63) is 41.3 Å². The van der Waals surface area contributed by atoms with E-state index >= 15 is 0 Å². The van der Waals surface area contributed by atoms with Crippen molar-refractivity contribution >= 4 is 27.9 Å². The van der Waals surface area contributed by atoms with Crippen molar-refractivity contribution in [1.82, 2.24) is 14.5 Å². The minimum absolute atomic E-state index is 0.0228. The molecule has 1 heterocycles. The summed E-state index contributed by atoms with van der Waals surface area (Å²) >= 11 is 0. The second kappa shape index (κ2) is 9.49. The highest BCUT2D eigenvalue weighted by Crippen LogP contribution is 2.08. The maximum absolute atomic E-state index is 12.2. The van der Waals surface area contributed by atoms with Gasteiger partial charge >= 0.3 is 0 Å². The summed E-state index contributed by atoms with van der Waals surface area (Å²) in [7, 11) is -2.34. The molecule has 8 heteroatoms. The SMILES string of the molecule is CN(CC(=O)NCCC(=O)N1CCCC1)S(=O)(=O)C=Cc1ccccc1. The molecular formula is C18H25N3O4S. The van der Waals surface area contributed by atoms with Gasteiger partial charge in [0.15, 0.2) is 0 Å². The minimum Gasteiger partial charge on any atom is -0.354 e. The van der Waals surface area contributed by atoms with Crippen LogP contribution in [-0.4, -0.2) is 62.7 Å². The summed E-state index contributed by atoms with van der Waals surface area (Å²) in [6.07, 6.45) is 3.77. The van der Waals surface area contributed by atoms with Gasteiger partial charge in [-0.2, -0.15) is 4.31 Å². The lowest BCUT2D eigenvalue weighted by Crippen LogP contribution is -2.39. The molecular weight excluding hydrogens is 354 g/mol. The van der Waals surface area contributed by atoms with E-state index in [2.05, 4.69) is 5.32 Å². The monoisotopic (exact) mass is 379 g/mol. The summed E-state index contributed by atoms with van der Waals surface area (Å²) < 4.78 is 25.4. The van der Waals surface area contributed by atoms with Crippen molar-refractivity contribution in [1.29, 1.82) is 0 Å². The smallest absolute Gasteiger partial charge is 0.236 e. The van der Waals surface area contributed by atoms with E-state index in [1.54, 1.807) is 17.0 Å². The Kier molecular flexibility index (Phi) is 7.35. The van der Waals surface area contributed by atoms with E-state index in [9.17, 15) is 18.0 Å². The van der Waals surface area contributed by atoms with Crippen molar-refractivity contribution in [2.45, 2.75) is 19.3 Å². The second-order valence-electron chi connectivity index (χ2n) is 6.20. The molecule has 1 aromatic carbocycles. The molecule has 0 aromatic heterocycles. The van der Waals surface area contributed by atoms with E-state index < -0.39 is 15.9 Å². The molecule has 1 saturated heterocycles. The molecule has 1 aromatic rings. The van der Waals surface area contributed by atoms with Crippen LogP contribution >= 0.6 is 0 Å². The first-order chi connectivity index (χ1) is 12.4. The Morgan fingerprint density at radius 3 is 2.50 bits per heavy atom. The van der Waals surface area contributed by atoms with Gasteiger partial charge in [-0.25, -0.2) is 8.42 Å². The Morgan fingerprint density at radius 1 is 1.19 bits per heavy atom. The van der Waals surface area contributed by atoms with Crippen LogP contribution < -0.4 is 5.32 Å². The van der Waals surface area contributed by atoms with Crippen LogP contribution in [0.25, 0.3) is 6.08 Å². The molecule has 0 bridgehead atoms. The number of carbonyl (C=O) groups excluding carboxylic acids is 2. The van der Waals surface area contributed by atoms with Crippen LogP contribution in [0.3, 0.4) is 0 Å². The number of nitrogens with one attached hydrogen (secondary N) is 1. The van der Waals surface area contributed by atoms with E-state index in [4.69, 9.17) is 0 Å². The van der Waals surface area contributed by atoms with Gasteiger partial charge in [-0.1, -0.05) is 30.3 Å². The summed E-state index contributed by atoms with van der Waals surface area (Å²) in [6.45, 7) is 1.48. The van der Waals surface area contributed by atoms with E-state index in [0.29, 0.717) is 0 Å². The Morgan fingerprint density at radius 2 is 1.85 bits per heavy atom. The third-order valence-corrected chi connectivity index (χ3v) is 5.63. The van der Waals surface area contributed by atoms with Gasteiger partial charge in [0.2, 0.25) is 21.8 Å². The van der Waals surface area contributed by atoms with Gasteiger partial charge in [-0.3, -0.25) is 9.59 Å². The lowest BCUT2D eigenvalue weighted by atomic mass is 10.2. The zero-order chi connectivity index (χ0) is 19.0. The number of likely N-dealkylation sites (N-methyl/N-ethyl adjacent to an activating group) is 1. The zero-order valence-corrected chi connectivity index (χ0v) is 15.7. The van der Waals surface area contributed by atoms with Crippen LogP contribution in [0.4, 0.5) is 0 Å². The fourth-order valence-corrected chi connectivity index (χ4v) is 3.45. The predicted octanol–water partition coefficient (Wildman–Crippen LogP) is 1.05. The quantitative estimate of drug-likeness (QED) is 0.731. The molecule has 0 aliphatic carbocycles. The van der Waals surface area contributed by atoms with Crippen molar-refractivity contribution in [3.63, 3.8) is 0 Å². The van der Waals surface area contributed by atoms with E-state index in [-0.39, 0.29) is 25.4 Å². The summed E-state index contributed by atoms with van der Waals surface area (Å²) in [5, 5.41) is 3.67. The number of hydrogen-bond donors (Lipinski definition) is 1. The Balaban J connectivity index is 1.76. The number of amides is 2. The number of nitrogens with zero attached hydrogens (tertiary/aromatic N) is 2. The molecule has 2 amide bonds. The minimum atomic E-state index is -3.69. The molecule has 1 aliphatic rings. The molecule has 1 fully saturated rings. The van der Waals surface area contributed by atoms with Crippen LogP contribution in [0, 0.1) is 0 Å². The fraction of sp³-hybridized carbons (Fsp3) is 0.444. The Bertz CT molecular complexity index is 741. The summed E-state index contributed by atoms with van der Waals surface area (Å²) in [5.74, 6) is -0.409. The highest BCUT2D eigenvalue weighted by molar-refractivity contribution is 7.92. The molecule has 0 saturated carbocycles. The van der Waals surface area contributed by atoms with Crippen LogP contribution in [0.15, 0.2) is 35.7 Å². The summed E-state index contributed by atoms with van der Waals surface area (Å²) in [5.41, 5.74) is 0.759. The fourth-order valence-electron chi connectivity index (χ4n) is 2.61. The molecule has 7 nitrogen and oxygen atoms in total. The van der Waals surface area contributed by atoms with Crippen LogP contribution in [0.1, 0.15) is 24.8 Å². The number of likely N-dealkylation sites (tertiary alicyclic amines) is 1. The second-order valence-corrected chi connectivity index (χ2v) is 8.13. The maximum atomic E-state index is 12.2. The molecule has 0 radical (unpaired) electrons. The third-order valence-electron chi connectivity index (χ3n) is 4.15. The third kappa shape index (κ3) is 6.27. The van der Waals surface area contributed by atoms with E-state index in [0.717, 1.165) is 41.2 Å². The summed E-state index contributed by atoms with van der Waals surface area (Å²) in [4.78, 5) is 25.6. The molecule has 142 valence electrons. The topological polar surface area (TPSA) is 86.8 Å². The van der Waals surface area contributed by atoms with Crippen LogP contribution in [0.2, 0.25) is 0 Å². The average molecular weight is 379 g/mol. The van der Waals surface area contributed by atoms with Gasteiger partial charge in [0.05, 0.1) is 6.54 Å². The van der Waals surface area contributed by atoms with Crippen molar-refractivity contribution in [2.75, 3.05) is 33.2 Å². The number of hydrogen-bond acceptors (Lipinski definition) is 4. The maximum Gasteiger partial charge on any atom is 0.236 e. The lowest BCUT2D eigenvalue weighted by molar-refractivity contribution is -0.130. The highest BCUT2D eigenvalue weighted by atomic mass is 32.2. The Labute approximate surface area is 154 Å². The van der Waals surface area contributed by atoms with Crippen molar-refractivity contribution in [3.8, 4) is 0 Å². The molecule has 2 rings (SSSR count). The largest absolute Gasteiger partial charge is 0.354 e. The van der Waals surface area contributed by atoms with Gasteiger partial charge in [-0.15, -0.1) is 0 Å². The molecule has 0 unspecified atom stereocenters. The predicted molar refractivity (Wildman–Crippen MR) is 100 cm³/mol. The first-order valence-electron chi connectivity index (χ1n) is 8.62. The molecule has 1 N–H and O–H groups in total. The lowest BCUT2D eigenvalue weighted by Gasteiger charge is -2.16. The van der Waals surface area contributed by atoms with E-state index in [1.807, 2.05) is 18.2 Å². The first-order valence-corrected chi connectivity index (χ1v) is 10.1. The molecule has 0 atom stereocenters. The van der Waals surface area contributed by atoms with Gasteiger partial charge in [-0.05, 0) is 24.5 Å². The number of rotatable bonds is 8. The molecule has 1 aliphatic heterocycles. The number of sulfonamides is 1. The van der Waals surface area contributed by atoms with Gasteiger partial charge in [0.1, 0.15) is 0 Å². The normalized spacial score (nSPS) is 14.9. The molecule has 0 spiro atoms.